The lowest BCUT2D eigenvalue weighted by Gasteiger charge is -2.10. The predicted molar refractivity (Wildman–Crippen MR) is 75.2 cm³/mol. The van der Waals surface area contributed by atoms with Crippen LogP contribution in [-0.2, 0) is 4.79 Å². The normalized spacial score (nSPS) is 10.1. The van der Waals surface area contributed by atoms with E-state index in [9.17, 15) is 4.79 Å². The maximum absolute atomic E-state index is 10.9. The first-order valence-corrected chi connectivity index (χ1v) is 6.21. The molecule has 0 bridgehead atoms. The van der Waals surface area contributed by atoms with Gasteiger partial charge in [-0.1, -0.05) is 42.5 Å². The van der Waals surface area contributed by atoms with Gasteiger partial charge in [-0.3, -0.25) is 4.79 Å². The second-order valence-electron chi connectivity index (χ2n) is 3.74. The fraction of sp³-hybridized carbons (Fsp3) is 0.0714. The van der Waals surface area contributed by atoms with Crippen LogP contribution in [0.3, 0.4) is 0 Å². The van der Waals surface area contributed by atoms with Crippen molar-refractivity contribution in [1.82, 2.24) is 0 Å². The number of nitrogen functional groups attached to an aromatic ring is 1. The smallest absolute Gasteiger partial charge is 0.224 e. The second kappa shape index (κ2) is 5.60. The van der Waals surface area contributed by atoms with Crippen LogP contribution in [-0.4, -0.2) is 5.12 Å². The van der Waals surface area contributed by atoms with Crippen LogP contribution < -0.4 is 9.92 Å². The molecular formula is C14H13NO2S. The van der Waals surface area contributed by atoms with E-state index in [0.29, 0.717) is 11.4 Å². The molecule has 92 valence electrons. The summed E-state index contributed by atoms with van der Waals surface area (Å²) < 4.78 is 5.30. The molecule has 2 aromatic rings. The largest absolute Gasteiger partial charge is 0.415 e. The Bertz CT molecular complexity index is 555. The highest BCUT2D eigenvalue weighted by atomic mass is 32.2. The molecule has 4 heteroatoms. The number of benzene rings is 2. The van der Waals surface area contributed by atoms with Crippen LogP contribution in [0.1, 0.15) is 6.92 Å². The van der Waals surface area contributed by atoms with Gasteiger partial charge in [0.15, 0.2) is 5.75 Å². The molecule has 0 spiro atoms. The summed E-state index contributed by atoms with van der Waals surface area (Å²) in [6, 6.07) is 15.3. The van der Waals surface area contributed by atoms with Gasteiger partial charge in [-0.05, 0) is 11.6 Å². The fourth-order valence-corrected chi connectivity index (χ4v) is 1.94. The molecule has 0 unspecified atom stereocenters. The summed E-state index contributed by atoms with van der Waals surface area (Å²) in [5.74, 6) is 0.511. The van der Waals surface area contributed by atoms with Gasteiger partial charge in [0.05, 0.1) is 5.69 Å². The van der Waals surface area contributed by atoms with Gasteiger partial charge in [0.25, 0.3) is 0 Å². The van der Waals surface area contributed by atoms with Crippen LogP contribution in [0.4, 0.5) is 5.69 Å². The van der Waals surface area contributed by atoms with E-state index in [-0.39, 0.29) is 5.12 Å². The summed E-state index contributed by atoms with van der Waals surface area (Å²) in [4.78, 5) is 10.9. The lowest BCUT2D eigenvalue weighted by atomic mass is 10.0. The third-order valence-electron chi connectivity index (χ3n) is 2.40. The zero-order chi connectivity index (χ0) is 13.0. The highest BCUT2D eigenvalue weighted by Gasteiger charge is 2.09. The molecule has 0 saturated heterocycles. The number of hydrogen-bond donors (Lipinski definition) is 1. The van der Waals surface area contributed by atoms with Gasteiger partial charge in [0, 0.05) is 12.5 Å². The molecule has 3 nitrogen and oxygen atoms in total. The van der Waals surface area contributed by atoms with Crippen molar-refractivity contribution in [2.24, 2.45) is 0 Å². The van der Waals surface area contributed by atoms with Gasteiger partial charge in [0.1, 0.15) is 12.0 Å². The minimum atomic E-state index is -0.112. The number of anilines is 1. The Morgan fingerprint density at radius 1 is 1.11 bits per heavy atom. The number of hydrogen-bond acceptors (Lipinski definition) is 4. The van der Waals surface area contributed by atoms with Gasteiger partial charge in [-0.15, -0.1) is 0 Å². The Hall–Kier alpha value is -1.94. The molecule has 18 heavy (non-hydrogen) atoms. The van der Waals surface area contributed by atoms with Crippen LogP contribution in [0.25, 0.3) is 11.1 Å². The molecule has 2 N–H and O–H groups in total. The van der Waals surface area contributed by atoms with Gasteiger partial charge in [-0.2, -0.15) is 0 Å². The van der Waals surface area contributed by atoms with Crippen molar-refractivity contribution in [3.8, 4) is 16.9 Å². The number of carbonyl (C=O) groups excluding carboxylic acids is 1. The van der Waals surface area contributed by atoms with Gasteiger partial charge < -0.3 is 9.92 Å². The summed E-state index contributed by atoms with van der Waals surface area (Å²) >= 11 is 0.784. The Morgan fingerprint density at radius 2 is 1.83 bits per heavy atom. The predicted octanol–water partition coefficient (Wildman–Crippen LogP) is 3.51. The van der Waals surface area contributed by atoms with Crippen molar-refractivity contribution in [2.45, 2.75) is 6.92 Å². The Kier molecular flexibility index (Phi) is 3.89. The fourth-order valence-electron chi connectivity index (χ4n) is 1.59. The Labute approximate surface area is 110 Å². The van der Waals surface area contributed by atoms with Crippen molar-refractivity contribution in [3.05, 3.63) is 48.5 Å². The number of para-hydroxylation sites is 1. The average Bonchev–Trinajstić information content (AvgIpc) is 2.38. The summed E-state index contributed by atoms with van der Waals surface area (Å²) in [5.41, 5.74) is 8.51. The maximum Gasteiger partial charge on any atom is 0.224 e. The Morgan fingerprint density at radius 3 is 2.50 bits per heavy atom. The molecule has 0 aliphatic heterocycles. The SMILES string of the molecule is CC(=O)SOc1cccc(-c2ccccc2)c1N. The van der Waals surface area contributed by atoms with Crippen LogP contribution in [0.15, 0.2) is 48.5 Å². The van der Waals surface area contributed by atoms with Crippen LogP contribution in [0, 0.1) is 0 Å². The molecule has 0 saturated carbocycles. The molecular weight excluding hydrogens is 246 g/mol. The van der Waals surface area contributed by atoms with E-state index in [1.54, 1.807) is 6.07 Å². The van der Waals surface area contributed by atoms with Crippen molar-refractivity contribution in [1.29, 1.82) is 0 Å². The topological polar surface area (TPSA) is 52.3 Å². The van der Waals surface area contributed by atoms with E-state index in [1.165, 1.54) is 6.92 Å². The van der Waals surface area contributed by atoms with E-state index in [0.717, 1.165) is 23.2 Å². The minimum Gasteiger partial charge on any atom is -0.415 e. The van der Waals surface area contributed by atoms with E-state index in [4.69, 9.17) is 9.92 Å². The number of rotatable bonds is 3. The zero-order valence-electron chi connectivity index (χ0n) is 9.92. The minimum absolute atomic E-state index is 0.112. The third kappa shape index (κ3) is 2.84. The molecule has 0 radical (unpaired) electrons. The lowest BCUT2D eigenvalue weighted by Crippen LogP contribution is -1.96. The molecule has 0 fully saturated rings. The van der Waals surface area contributed by atoms with E-state index >= 15 is 0 Å². The monoisotopic (exact) mass is 259 g/mol. The van der Waals surface area contributed by atoms with Gasteiger partial charge >= 0.3 is 0 Å². The first-order chi connectivity index (χ1) is 8.68. The van der Waals surface area contributed by atoms with Crippen LogP contribution in [0.2, 0.25) is 0 Å². The van der Waals surface area contributed by atoms with E-state index < -0.39 is 0 Å². The molecule has 2 aromatic carbocycles. The number of nitrogens with two attached hydrogens (primary N) is 1. The van der Waals surface area contributed by atoms with E-state index in [2.05, 4.69) is 0 Å². The standard InChI is InChI=1S/C14H13NO2S/c1-10(16)18-17-13-9-5-8-12(14(13)15)11-6-3-2-4-7-11/h2-9H,15H2,1H3. The second-order valence-corrected chi connectivity index (χ2v) is 4.65. The maximum atomic E-state index is 10.9. The molecule has 0 heterocycles. The summed E-state index contributed by atoms with van der Waals surface area (Å²) in [6.07, 6.45) is 0. The van der Waals surface area contributed by atoms with Crippen molar-refractivity contribution >= 4 is 22.8 Å². The molecule has 0 amide bonds. The molecule has 0 aromatic heterocycles. The Balaban J connectivity index is 2.33. The first-order valence-electron chi connectivity index (χ1n) is 5.47. The molecule has 2 rings (SSSR count). The highest BCUT2D eigenvalue weighted by molar-refractivity contribution is 8.09. The summed E-state index contributed by atoms with van der Waals surface area (Å²) in [7, 11) is 0. The molecule has 0 atom stereocenters. The molecule has 0 aliphatic rings. The third-order valence-corrected chi connectivity index (χ3v) is 2.90. The van der Waals surface area contributed by atoms with Gasteiger partial charge in [-0.25, -0.2) is 0 Å². The summed E-state index contributed by atoms with van der Waals surface area (Å²) in [6.45, 7) is 1.45. The lowest BCUT2D eigenvalue weighted by molar-refractivity contribution is -0.109. The summed E-state index contributed by atoms with van der Waals surface area (Å²) in [5, 5.41) is -0.112. The zero-order valence-corrected chi connectivity index (χ0v) is 10.7. The van der Waals surface area contributed by atoms with Gasteiger partial charge in [0.2, 0.25) is 5.12 Å². The van der Waals surface area contributed by atoms with Crippen molar-refractivity contribution in [2.75, 3.05) is 5.73 Å². The van der Waals surface area contributed by atoms with Crippen LogP contribution >= 0.6 is 12.0 Å². The van der Waals surface area contributed by atoms with Crippen molar-refractivity contribution < 1.29 is 8.98 Å². The quantitative estimate of drug-likeness (QED) is 0.677. The number of carbonyl (C=O) groups is 1. The molecule has 0 aliphatic carbocycles. The first kappa shape index (κ1) is 12.5. The highest BCUT2D eigenvalue weighted by Crippen LogP contribution is 2.34. The van der Waals surface area contributed by atoms with Crippen molar-refractivity contribution in [3.63, 3.8) is 0 Å². The van der Waals surface area contributed by atoms with Crippen LogP contribution in [0.5, 0.6) is 5.75 Å². The average molecular weight is 259 g/mol. The van der Waals surface area contributed by atoms with E-state index in [1.807, 2.05) is 42.5 Å².